The van der Waals surface area contributed by atoms with E-state index in [1.807, 2.05) is 6.92 Å². The number of rotatable bonds is 6. The molecule has 1 atom stereocenters. The summed E-state index contributed by atoms with van der Waals surface area (Å²) in [6.07, 6.45) is 0.887. The first-order chi connectivity index (χ1) is 9.95. The van der Waals surface area contributed by atoms with Gasteiger partial charge >= 0.3 is 0 Å². The zero-order valence-corrected chi connectivity index (χ0v) is 12.7. The van der Waals surface area contributed by atoms with Gasteiger partial charge in [-0.25, -0.2) is 4.39 Å². The molecular weight excluding hydrogens is 297 g/mol. The third-order valence-corrected chi connectivity index (χ3v) is 3.18. The molecule has 0 aliphatic rings. The van der Waals surface area contributed by atoms with Gasteiger partial charge in [0.1, 0.15) is 11.4 Å². The van der Waals surface area contributed by atoms with Gasteiger partial charge in [-0.3, -0.25) is 0 Å². The molecule has 2 rings (SSSR count). The predicted molar refractivity (Wildman–Crippen MR) is 77.4 cm³/mol. The fourth-order valence-electron chi connectivity index (χ4n) is 1.75. The molecule has 0 aliphatic carbocycles. The van der Waals surface area contributed by atoms with E-state index in [0.29, 0.717) is 6.61 Å². The van der Waals surface area contributed by atoms with E-state index < -0.39 is 11.4 Å². The van der Waals surface area contributed by atoms with Crippen LogP contribution in [0.4, 0.5) is 4.39 Å². The Labute approximate surface area is 127 Å². The highest BCUT2D eigenvalue weighted by atomic mass is 35.5. The SMILES string of the molecule is CCCOCC(C)(N)c1noc(-c2c(F)cccc2Cl)n1. The lowest BCUT2D eigenvalue weighted by atomic mass is 10.1. The number of aromatic nitrogens is 2. The summed E-state index contributed by atoms with van der Waals surface area (Å²) in [6.45, 7) is 4.56. The first-order valence-corrected chi connectivity index (χ1v) is 6.98. The van der Waals surface area contributed by atoms with Gasteiger partial charge in [0, 0.05) is 6.61 Å². The number of hydrogen-bond acceptors (Lipinski definition) is 5. The number of benzene rings is 1. The van der Waals surface area contributed by atoms with E-state index in [1.54, 1.807) is 13.0 Å². The van der Waals surface area contributed by atoms with Gasteiger partial charge in [-0.1, -0.05) is 29.7 Å². The van der Waals surface area contributed by atoms with Crippen molar-refractivity contribution in [3.63, 3.8) is 0 Å². The van der Waals surface area contributed by atoms with Crippen molar-refractivity contribution in [2.45, 2.75) is 25.8 Å². The highest BCUT2D eigenvalue weighted by Gasteiger charge is 2.29. The molecule has 1 aromatic carbocycles. The summed E-state index contributed by atoms with van der Waals surface area (Å²) in [4.78, 5) is 4.15. The summed E-state index contributed by atoms with van der Waals surface area (Å²) in [7, 11) is 0. The Morgan fingerprint density at radius 2 is 2.24 bits per heavy atom. The van der Waals surface area contributed by atoms with Crippen LogP contribution in [-0.2, 0) is 10.3 Å². The normalized spacial score (nSPS) is 14.1. The molecule has 1 heterocycles. The lowest BCUT2D eigenvalue weighted by Gasteiger charge is -2.19. The molecule has 5 nitrogen and oxygen atoms in total. The molecule has 7 heteroatoms. The Kier molecular flexibility index (Phi) is 4.92. The van der Waals surface area contributed by atoms with Gasteiger partial charge < -0.3 is 15.0 Å². The molecule has 0 spiro atoms. The van der Waals surface area contributed by atoms with Crippen LogP contribution in [0.2, 0.25) is 5.02 Å². The molecule has 1 unspecified atom stereocenters. The fourth-order valence-corrected chi connectivity index (χ4v) is 2.00. The lowest BCUT2D eigenvalue weighted by Crippen LogP contribution is -2.39. The van der Waals surface area contributed by atoms with Crippen molar-refractivity contribution in [3.8, 4) is 11.5 Å². The average molecular weight is 314 g/mol. The van der Waals surface area contributed by atoms with E-state index in [1.165, 1.54) is 12.1 Å². The molecule has 0 fully saturated rings. The first-order valence-electron chi connectivity index (χ1n) is 6.61. The van der Waals surface area contributed by atoms with E-state index in [4.69, 9.17) is 26.6 Å². The van der Waals surface area contributed by atoms with Crippen LogP contribution in [0.5, 0.6) is 0 Å². The molecule has 0 saturated heterocycles. The van der Waals surface area contributed by atoms with Crippen LogP contribution in [0.1, 0.15) is 26.1 Å². The van der Waals surface area contributed by atoms with Gasteiger partial charge in [0.25, 0.3) is 5.89 Å². The van der Waals surface area contributed by atoms with Gasteiger partial charge in [0.2, 0.25) is 0 Å². The molecule has 2 N–H and O–H groups in total. The molecule has 114 valence electrons. The van der Waals surface area contributed by atoms with E-state index in [2.05, 4.69) is 10.1 Å². The Hall–Kier alpha value is -1.50. The summed E-state index contributed by atoms with van der Waals surface area (Å²) < 4.78 is 24.3. The van der Waals surface area contributed by atoms with Gasteiger partial charge in [-0.05, 0) is 25.5 Å². The number of nitrogens with zero attached hydrogens (tertiary/aromatic N) is 2. The van der Waals surface area contributed by atoms with Gasteiger partial charge in [0.05, 0.1) is 17.2 Å². The van der Waals surface area contributed by atoms with Crippen molar-refractivity contribution in [1.29, 1.82) is 0 Å². The molecule has 2 aromatic rings. The Morgan fingerprint density at radius 1 is 1.48 bits per heavy atom. The topological polar surface area (TPSA) is 74.2 Å². The highest BCUT2D eigenvalue weighted by Crippen LogP contribution is 2.30. The van der Waals surface area contributed by atoms with Gasteiger partial charge in [-0.2, -0.15) is 4.98 Å². The van der Waals surface area contributed by atoms with E-state index in [9.17, 15) is 4.39 Å². The second kappa shape index (κ2) is 6.51. The second-order valence-electron chi connectivity index (χ2n) is 4.99. The summed E-state index contributed by atoms with van der Waals surface area (Å²) in [5, 5.41) is 4.01. The third kappa shape index (κ3) is 3.58. The number of ether oxygens (including phenoxy) is 1. The van der Waals surface area contributed by atoms with E-state index in [-0.39, 0.29) is 28.9 Å². The fraction of sp³-hybridized carbons (Fsp3) is 0.429. The molecular formula is C14H17ClFN3O2. The molecule has 0 radical (unpaired) electrons. The minimum atomic E-state index is -0.922. The van der Waals surface area contributed by atoms with Crippen molar-refractivity contribution in [2.24, 2.45) is 5.73 Å². The molecule has 0 bridgehead atoms. The van der Waals surface area contributed by atoms with Crippen LogP contribution in [-0.4, -0.2) is 23.4 Å². The largest absolute Gasteiger partial charge is 0.379 e. The van der Waals surface area contributed by atoms with Crippen molar-refractivity contribution >= 4 is 11.6 Å². The summed E-state index contributed by atoms with van der Waals surface area (Å²) in [5.41, 5.74) is 5.26. The summed E-state index contributed by atoms with van der Waals surface area (Å²) in [6, 6.07) is 4.33. The van der Waals surface area contributed by atoms with Crippen LogP contribution in [0.3, 0.4) is 0 Å². The van der Waals surface area contributed by atoms with E-state index in [0.717, 1.165) is 6.42 Å². The Morgan fingerprint density at radius 3 is 2.90 bits per heavy atom. The highest BCUT2D eigenvalue weighted by molar-refractivity contribution is 6.33. The lowest BCUT2D eigenvalue weighted by molar-refractivity contribution is 0.0867. The minimum Gasteiger partial charge on any atom is -0.379 e. The Bertz CT molecular complexity index is 596. The maximum Gasteiger partial charge on any atom is 0.262 e. The number of hydrogen-bond donors (Lipinski definition) is 1. The van der Waals surface area contributed by atoms with Crippen LogP contribution in [0, 0.1) is 5.82 Å². The van der Waals surface area contributed by atoms with Crippen LogP contribution >= 0.6 is 11.6 Å². The van der Waals surface area contributed by atoms with E-state index >= 15 is 0 Å². The van der Waals surface area contributed by atoms with Crippen LogP contribution < -0.4 is 5.73 Å². The third-order valence-electron chi connectivity index (χ3n) is 2.86. The van der Waals surface area contributed by atoms with Crippen LogP contribution in [0.25, 0.3) is 11.5 Å². The number of nitrogens with two attached hydrogens (primary N) is 1. The quantitative estimate of drug-likeness (QED) is 0.829. The summed E-state index contributed by atoms with van der Waals surface area (Å²) in [5.74, 6) is -0.285. The van der Waals surface area contributed by atoms with Crippen molar-refractivity contribution in [2.75, 3.05) is 13.2 Å². The maximum atomic E-state index is 13.8. The molecule has 21 heavy (non-hydrogen) atoms. The average Bonchev–Trinajstić information content (AvgIpc) is 2.89. The molecule has 0 saturated carbocycles. The van der Waals surface area contributed by atoms with Crippen molar-refractivity contribution in [3.05, 3.63) is 34.9 Å². The second-order valence-corrected chi connectivity index (χ2v) is 5.40. The predicted octanol–water partition coefficient (Wildman–Crippen LogP) is 3.13. The van der Waals surface area contributed by atoms with Crippen molar-refractivity contribution < 1.29 is 13.7 Å². The summed E-state index contributed by atoms with van der Waals surface area (Å²) >= 11 is 5.97. The number of halogens is 2. The Balaban J connectivity index is 2.25. The molecule has 0 aliphatic heterocycles. The van der Waals surface area contributed by atoms with Gasteiger partial charge in [-0.15, -0.1) is 0 Å². The molecule has 0 amide bonds. The zero-order chi connectivity index (χ0) is 15.5. The first kappa shape index (κ1) is 15.9. The van der Waals surface area contributed by atoms with Crippen molar-refractivity contribution in [1.82, 2.24) is 10.1 Å². The standard InChI is InChI=1S/C14H17ClFN3O2/c1-3-7-20-8-14(2,17)13-18-12(21-19-13)11-9(15)5-4-6-10(11)16/h4-6H,3,7-8,17H2,1-2H3. The molecule has 1 aromatic heterocycles. The zero-order valence-electron chi connectivity index (χ0n) is 11.9. The minimum absolute atomic E-state index is 0.000247. The van der Waals surface area contributed by atoms with Gasteiger partial charge in [0.15, 0.2) is 5.82 Å². The smallest absolute Gasteiger partial charge is 0.262 e. The van der Waals surface area contributed by atoms with Crippen LogP contribution in [0.15, 0.2) is 22.7 Å². The maximum absolute atomic E-state index is 13.8. The monoisotopic (exact) mass is 313 g/mol.